The quantitative estimate of drug-likeness (QED) is 0.380. The van der Waals surface area contributed by atoms with Gasteiger partial charge in [-0.05, 0) is 13.0 Å². The number of carbonyl (C=O) groups excluding carboxylic acids is 1. The van der Waals surface area contributed by atoms with E-state index in [2.05, 4.69) is 10.5 Å². The van der Waals surface area contributed by atoms with Gasteiger partial charge in [0.1, 0.15) is 11.8 Å². The van der Waals surface area contributed by atoms with E-state index in [-0.39, 0.29) is 17.3 Å². The number of hydrogen-bond acceptors (Lipinski definition) is 8. The first-order chi connectivity index (χ1) is 10.4. The predicted molar refractivity (Wildman–Crippen MR) is 75.6 cm³/mol. The number of carbonyl (C=O) groups is 1. The molecule has 0 radical (unpaired) electrons. The molecule has 0 saturated carbocycles. The first-order valence-electron chi connectivity index (χ1n) is 6.31. The van der Waals surface area contributed by atoms with Crippen molar-refractivity contribution in [1.82, 2.24) is 0 Å². The van der Waals surface area contributed by atoms with Gasteiger partial charge in [0.15, 0.2) is 0 Å². The Balaban J connectivity index is 2.20. The number of hydrazone groups is 1. The monoisotopic (exact) mass is 308 g/mol. The maximum atomic E-state index is 11.0. The highest BCUT2D eigenvalue weighted by Crippen LogP contribution is 2.29. The third-order valence-corrected chi connectivity index (χ3v) is 3.09. The molecule has 1 aromatic rings. The minimum atomic E-state index is -0.740. The summed E-state index contributed by atoms with van der Waals surface area (Å²) in [6.45, 7) is 1.62. The van der Waals surface area contributed by atoms with E-state index in [4.69, 9.17) is 4.74 Å². The standard InChI is InChI=1S/C12H12N4O6/c1-7(11-4-5-12(17)22-11)13-14-9-3-2-8(15(18)19)6-10(9)16(20)21/h2-3,6,11,14H,4-5H2,1H3/b13-7+. The Hall–Kier alpha value is -3.04. The molecule has 1 unspecified atom stereocenters. The second-order valence-electron chi connectivity index (χ2n) is 4.60. The van der Waals surface area contributed by atoms with E-state index in [0.717, 1.165) is 12.1 Å². The van der Waals surface area contributed by atoms with Crippen molar-refractivity contribution in [3.05, 3.63) is 38.4 Å². The summed E-state index contributed by atoms with van der Waals surface area (Å²) in [5, 5.41) is 25.6. The number of hydrogen-bond donors (Lipinski definition) is 1. The van der Waals surface area contributed by atoms with Gasteiger partial charge in [-0.3, -0.25) is 30.4 Å². The lowest BCUT2D eigenvalue weighted by molar-refractivity contribution is -0.393. The Morgan fingerprint density at radius 1 is 1.36 bits per heavy atom. The molecule has 0 amide bonds. The van der Waals surface area contributed by atoms with E-state index in [1.54, 1.807) is 6.92 Å². The van der Waals surface area contributed by atoms with Crippen LogP contribution in [-0.2, 0) is 9.53 Å². The van der Waals surface area contributed by atoms with Gasteiger partial charge in [0.25, 0.3) is 5.69 Å². The second kappa shape index (κ2) is 6.16. The molecule has 10 nitrogen and oxygen atoms in total. The normalized spacial score (nSPS) is 18.0. The van der Waals surface area contributed by atoms with Crippen molar-refractivity contribution in [2.24, 2.45) is 5.10 Å². The van der Waals surface area contributed by atoms with E-state index in [1.165, 1.54) is 6.07 Å². The molecule has 0 bridgehead atoms. The molecule has 1 aliphatic heterocycles. The molecule has 0 spiro atoms. The first-order valence-corrected chi connectivity index (χ1v) is 6.31. The Morgan fingerprint density at radius 3 is 2.64 bits per heavy atom. The smallest absolute Gasteiger partial charge is 0.306 e. The number of ether oxygens (including phenoxy) is 1. The van der Waals surface area contributed by atoms with Crippen molar-refractivity contribution in [2.45, 2.75) is 25.9 Å². The van der Waals surface area contributed by atoms with Crippen LogP contribution in [0.3, 0.4) is 0 Å². The van der Waals surface area contributed by atoms with Crippen molar-refractivity contribution < 1.29 is 19.4 Å². The lowest BCUT2D eigenvalue weighted by atomic mass is 10.2. The zero-order valence-electron chi connectivity index (χ0n) is 11.5. The van der Waals surface area contributed by atoms with E-state index in [1.807, 2.05) is 0 Å². The fraction of sp³-hybridized carbons (Fsp3) is 0.333. The largest absolute Gasteiger partial charge is 0.456 e. The summed E-state index contributed by atoms with van der Waals surface area (Å²) in [5.41, 5.74) is 2.10. The van der Waals surface area contributed by atoms with Gasteiger partial charge in [-0.25, -0.2) is 0 Å². The van der Waals surface area contributed by atoms with Crippen LogP contribution in [0, 0.1) is 20.2 Å². The number of nitro groups is 2. The van der Waals surface area contributed by atoms with Crippen molar-refractivity contribution >= 4 is 28.7 Å². The van der Waals surface area contributed by atoms with Crippen LogP contribution in [0.4, 0.5) is 17.1 Å². The van der Waals surface area contributed by atoms with Crippen molar-refractivity contribution in [2.75, 3.05) is 5.43 Å². The summed E-state index contributed by atoms with van der Waals surface area (Å²) >= 11 is 0. The van der Waals surface area contributed by atoms with Crippen LogP contribution in [0.1, 0.15) is 19.8 Å². The van der Waals surface area contributed by atoms with E-state index in [0.29, 0.717) is 18.6 Å². The molecule has 1 saturated heterocycles. The maximum absolute atomic E-state index is 11.0. The number of cyclic esters (lactones) is 1. The van der Waals surface area contributed by atoms with Crippen LogP contribution in [0.2, 0.25) is 0 Å². The zero-order valence-corrected chi connectivity index (χ0v) is 11.5. The lowest BCUT2D eigenvalue weighted by Gasteiger charge is -2.09. The molecule has 1 N–H and O–H groups in total. The van der Waals surface area contributed by atoms with E-state index >= 15 is 0 Å². The van der Waals surface area contributed by atoms with Crippen LogP contribution in [0.25, 0.3) is 0 Å². The summed E-state index contributed by atoms with van der Waals surface area (Å²) in [4.78, 5) is 31.2. The van der Waals surface area contributed by atoms with Crippen molar-refractivity contribution in [3.8, 4) is 0 Å². The summed E-state index contributed by atoms with van der Waals surface area (Å²) in [6, 6.07) is 3.19. The average Bonchev–Trinajstić information content (AvgIpc) is 2.91. The SMILES string of the molecule is C/C(=N\Nc1ccc([N+](=O)[O-])cc1[N+](=O)[O-])C1CCC(=O)O1. The highest BCUT2D eigenvalue weighted by Gasteiger charge is 2.26. The molecule has 2 rings (SSSR count). The molecule has 1 fully saturated rings. The molecule has 10 heteroatoms. The van der Waals surface area contributed by atoms with Gasteiger partial charge in [0, 0.05) is 18.9 Å². The maximum Gasteiger partial charge on any atom is 0.306 e. The minimum Gasteiger partial charge on any atom is -0.456 e. The Bertz CT molecular complexity index is 672. The van der Waals surface area contributed by atoms with Crippen LogP contribution in [0.15, 0.2) is 23.3 Å². The minimum absolute atomic E-state index is 0.0132. The van der Waals surface area contributed by atoms with Crippen LogP contribution >= 0.6 is 0 Å². The van der Waals surface area contributed by atoms with Crippen LogP contribution in [0.5, 0.6) is 0 Å². The fourth-order valence-electron chi connectivity index (χ4n) is 1.92. The van der Waals surface area contributed by atoms with Crippen LogP contribution < -0.4 is 5.43 Å². The molecular formula is C12H12N4O6. The molecule has 0 aliphatic carbocycles. The molecule has 1 aromatic carbocycles. The number of nitrogens with zero attached hydrogens (tertiary/aromatic N) is 3. The molecule has 0 aromatic heterocycles. The molecule has 1 heterocycles. The number of anilines is 1. The topological polar surface area (TPSA) is 137 Å². The molecule has 1 atom stereocenters. The number of nitrogens with one attached hydrogen (secondary N) is 1. The Labute approximate surface area is 124 Å². The predicted octanol–water partition coefficient (Wildman–Crippen LogP) is 2.00. The van der Waals surface area contributed by atoms with E-state index in [9.17, 15) is 25.0 Å². The Morgan fingerprint density at radius 2 is 2.09 bits per heavy atom. The highest BCUT2D eigenvalue weighted by atomic mass is 16.6. The number of nitro benzene ring substituents is 2. The summed E-state index contributed by atoms with van der Waals surface area (Å²) < 4.78 is 5.01. The van der Waals surface area contributed by atoms with Gasteiger partial charge in [-0.1, -0.05) is 0 Å². The molecule has 1 aliphatic rings. The zero-order chi connectivity index (χ0) is 16.3. The van der Waals surface area contributed by atoms with Gasteiger partial charge < -0.3 is 4.74 Å². The molecule has 22 heavy (non-hydrogen) atoms. The summed E-state index contributed by atoms with van der Waals surface area (Å²) in [7, 11) is 0. The second-order valence-corrected chi connectivity index (χ2v) is 4.60. The number of esters is 1. The van der Waals surface area contributed by atoms with Crippen LogP contribution in [-0.4, -0.2) is 27.6 Å². The molecular weight excluding hydrogens is 296 g/mol. The number of benzene rings is 1. The Kier molecular flexibility index (Phi) is 4.30. The molecule has 116 valence electrons. The lowest BCUT2D eigenvalue weighted by Crippen LogP contribution is -2.18. The highest BCUT2D eigenvalue weighted by molar-refractivity contribution is 5.91. The van der Waals surface area contributed by atoms with Gasteiger partial charge in [-0.2, -0.15) is 5.10 Å². The van der Waals surface area contributed by atoms with Gasteiger partial charge in [-0.15, -0.1) is 0 Å². The van der Waals surface area contributed by atoms with Crippen molar-refractivity contribution in [1.29, 1.82) is 0 Å². The van der Waals surface area contributed by atoms with Gasteiger partial charge >= 0.3 is 11.7 Å². The summed E-state index contributed by atoms with van der Waals surface area (Å²) in [5.74, 6) is -0.319. The summed E-state index contributed by atoms with van der Waals surface area (Å²) in [6.07, 6.45) is 0.338. The van der Waals surface area contributed by atoms with Gasteiger partial charge in [0.2, 0.25) is 0 Å². The number of non-ortho nitro benzene ring substituents is 1. The van der Waals surface area contributed by atoms with E-state index < -0.39 is 21.6 Å². The third-order valence-electron chi connectivity index (χ3n) is 3.09. The van der Waals surface area contributed by atoms with Gasteiger partial charge in [0.05, 0.1) is 21.6 Å². The van der Waals surface area contributed by atoms with Crippen molar-refractivity contribution in [3.63, 3.8) is 0 Å². The number of rotatable bonds is 5. The first kappa shape index (κ1) is 15.4. The third kappa shape index (κ3) is 3.34. The fourth-order valence-corrected chi connectivity index (χ4v) is 1.92. The average molecular weight is 308 g/mol.